The van der Waals surface area contributed by atoms with Crippen LogP contribution in [-0.2, 0) is 6.54 Å². The van der Waals surface area contributed by atoms with E-state index in [2.05, 4.69) is 15.4 Å². The van der Waals surface area contributed by atoms with Gasteiger partial charge in [0.25, 0.3) is 0 Å². The summed E-state index contributed by atoms with van der Waals surface area (Å²) in [6.07, 6.45) is 4.64. The summed E-state index contributed by atoms with van der Waals surface area (Å²) in [6.45, 7) is 1.64. The molecule has 0 aliphatic rings. The third-order valence-electron chi connectivity index (χ3n) is 2.31. The summed E-state index contributed by atoms with van der Waals surface area (Å²) in [5.74, 6) is 0.637. The van der Waals surface area contributed by atoms with Crippen molar-refractivity contribution in [2.45, 2.75) is 13.0 Å². The lowest BCUT2D eigenvalue weighted by Crippen LogP contribution is -2.09. The normalized spacial score (nSPS) is 10.4. The maximum Gasteiger partial charge on any atom is 0.150 e. The SMILES string of the molecule is Nc1ccc(Cl)nc1NCCCn1cccn1. The molecule has 90 valence electrons. The van der Waals surface area contributed by atoms with Crippen molar-refractivity contribution in [2.75, 3.05) is 17.6 Å². The number of pyridine rings is 1. The molecule has 0 bridgehead atoms. The minimum absolute atomic E-state index is 0.439. The van der Waals surface area contributed by atoms with Gasteiger partial charge in [-0.3, -0.25) is 4.68 Å². The molecule has 2 aromatic heterocycles. The highest BCUT2D eigenvalue weighted by molar-refractivity contribution is 6.29. The van der Waals surface area contributed by atoms with E-state index in [9.17, 15) is 0 Å². The van der Waals surface area contributed by atoms with Gasteiger partial charge < -0.3 is 11.1 Å². The number of nitrogens with zero attached hydrogens (tertiary/aromatic N) is 3. The van der Waals surface area contributed by atoms with Crippen LogP contribution < -0.4 is 11.1 Å². The standard InChI is InChI=1S/C11H14ClN5/c12-10-4-3-9(13)11(16-10)14-5-1-7-17-8-2-6-15-17/h2-4,6,8H,1,5,7,13H2,(H,14,16). The molecule has 2 heterocycles. The Bertz CT molecular complexity index is 469. The predicted molar refractivity (Wildman–Crippen MR) is 69.0 cm³/mol. The molecule has 0 spiro atoms. The predicted octanol–water partition coefficient (Wildman–Crippen LogP) is 2.02. The maximum atomic E-state index is 5.79. The van der Waals surface area contributed by atoms with Crippen molar-refractivity contribution in [3.8, 4) is 0 Å². The molecule has 0 aliphatic heterocycles. The molecule has 3 N–H and O–H groups in total. The molecule has 2 aromatic rings. The van der Waals surface area contributed by atoms with Crippen molar-refractivity contribution in [3.63, 3.8) is 0 Å². The molecule has 0 aliphatic carbocycles. The Kier molecular flexibility index (Phi) is 3.82. The average Bonchev–Trinajstić information content (AvgIpc) is 2.82. The molecular weight excluding hydrogens is 238 g/mol. The summed E-state index contributed by atoms with van der Waals surface area (Å²) in [4.78, 5) is 4.11. The lowest BCUT2D eigenvalue weighted by molar-refractivity contribution is 0.591. The highest BCUT2D eigenvalue weighted by Gasteiger charge is 2.00. The van der Waals surface area contributed by atoms with Crippen molar-refractivity contribution < 1.29 is 0 Å². The van der Waals surface area contributed by atoms with Gasteiger partial charge in [0.2, 0.25) is 0 Å². The van der Waals surface area contributed by atoms with E-state index in [4.69, 9.17) is 17.3 Å². The third-order valence-corrected chi connectivity index (χ3v) is 2.52. The van der Waals surface area contributed by atoms with Crippen molar-refractivity contribution >= 4 is 23.1 Å². The molecule has 0 amide bonds. The van der Waals surface area contributed by atoms with Crippen molar-refractivity contribution in [2.24, 2.45) is 0 Å². The monoisotopic (exact) mass is 251 g/mol. The molecule has 0 unspecified atom stereocenters. The maximum absolute atomic E-state index is 5.79. The highest BCUT2D eigenvalue weighted by Crippen LogP contribution is 2.17. The van der Waals surface area contributed by atoms with Gasteiger partial charge in [-0.05, 0) is 24.6 Å². The number of hydrogen-bond donors (Lipinski definition) is 2. The van der Waals surface area contributed by atoms with Crippen LogP contribution in [0.4, 0.5) is 11.5 Å². The number of nitrogens with one attached hydrogen (secondary N) is 1. The number of anilines is 2. The van der Waals surface area contributed by atoms with Gasteiger partial charge in [-0.15, -0.1) is 0 Å². The Hall–Kier alpha value is -1.75. The van der Waals surface area contributed by atoms with E-state index < -0.39 is 0 Å². The van der Waals surface area contributed by atoms with E-state index in [1.54, 1.807) is 18.3 Å². The number of nitrogens with two attached hydrogens (primary N) is 1. The summed E-state index contributed by atoms with van der Waals surface area (Å²) in [5.41, 5.74) is 6.37. The van der Waals surface area contributed by atoms with E-state index >= 15 is 0 Å². The van der Waals surface area contributed by atoms with Crippen molar-refractivity contribution in [1.82, 2.24) is 14.8 Å². The second-order valence-corrected chi connectivity index (χ2v) is 4.01. The molecule has 2 rings (SSSR count). The fourth-order valence-electron chi connectivity index (χ4n) is 1.47. The number of hydrogen-bond acceptors (Lipinski definition) is 4. The Morgan fingerprint density at radius 1 is 1.41 bits per heavy atom. The average molecular weight is 252 g/mol. The van der Waals surface area contributed by atoms with Gasteiger partial charge in [0, 0.05) is 25.5 Å². The molecule has 0 aromatic carbocycles. The molecule has 17 heavy (non-hydrogen) atoms. The summed E-state index contributed by atoms with van der Waals surface area (Å²) in [5, 5.41) is 7.71. The minimum atomic E-state index is 0.439. The van der Waals surface area contributed by atoms with Crippen LogP contribution in [0.15, 0.2) is 30.6 Å². The molecular formula is C11H14ClN5. The van der Waals surface area contributed by atoms with Crippen LogP contribution in [0.5, 0.6) is 0 Å². The Morgan fingerprint density at radius 2 is 2.29 bits per heavy atom. The van der Waals surface area contributed by atoms with Crippen molar-refractivity contribution in [3.05, 3.63) is 35.7 Å². The number of nitrogen functional groups attached to an aromatic ring is 1. The Balaban J connectivity index is 1.80. The first-order chi connectivity index (χ1) is 8.25. The smallest absolute Gasteiger partial charge is 0.150 e. The number of rotatable bonds is 5. The summed E-state index contributed by atoms with van der Waals surface area (Å²) in [7, 11) is 0. The quantitative estimate of drug-likeness (QED) is 0.630. The molecule has 0 atom stereocenters. The van der Waals surface area contributed by atoms with Crippen LogP contribution in [0.1, 0.15) is 6.42 Å². The lowest BCUT2D eigenvalue weighted by Gasteiger charge is -2.08. The van der Waals surface area contributed by atoms with Gasteiger partial charge >= 0.3 is 0 Å². The second-order valence-electron chi connectivity index (χ2n) is 3.62. The first kappa shape index (κ1) is 11.7. The highest BCUT2D eigenvalue weighted by atomic mass is 35.5. The van der Waals surface area contributed by atoms with E-state index in [0.29, 0.717) is 16.7 Å². The Labute approximate surface area is 105 Å². The third kappa shape index (κ3) is 3.35. The van der Waals surface area contributed by atoms with Crippen LogP contribution in [0.2, 0.25) is 5.15 Å². The van der Waals surface area contributed by atoms with Gasteiger partial charge in [0.1, 0.15) is 5.15 Å². The number of aryl methyl sites for hydroxylation is 1. The zero-order valence-electron chi connectivity index (χ0n) is 9.31. The van der Waals surface area contributed by atoms with Crippen LogP contribution in [-0.4, -0.2) is 21.3 Å². The van der Waals surface area contributed by atoms with Gasteiger partial charge in [-0.2, -0.15) is 5.10 Å². The number of halogens is 1. The van der Waals surface area contributed by atoms with Crippen LogP contribution in [0.25, 0.3) is 0 Å². The molecule has 0 fully saturated rings. The molecule has 0 saturated heterocycles. The first-order valence-electron chi connectivity index (χ1n) is 5.39. The Morgan fingerprint density at radius 3 is 3.06 bits per heavy atom. The first-order valence-corrected chi connectivity index (χ1v) is 5.77. The van der Waals surface area contributed by atoms with Crippen LogP contribution in [0, 0.1) is 0 Å². The lowest BCUT2D eigenvalue weighted by atomic mass is 10.3. The number of aromatic nitrogens is 3. The van der Waals surface area contributed by atoms with E-state index in [1.807, 2.05) is 16.9 Å². The van der Waals surface area contributed by atoms with Crippen molar-refractivity contribution in [1.29, 1.82) is 0 Å². The van der Waals surface area contributed by atoms with Crippen LogP contribution in [0.3, 0.4) is 0 Å². The second kappa shape index (κ2) is 5.54. The van der Waals surface area contributed by atoms with Gasteiger partial charge in [0.05, 0.1) is 5.69 Å². The topological polar surface area (TPSA) is 68.8 Å². The van der Waals surface area contributed by atoms with Gasteiger partial charge in [0.15, 0.2) is 5.82 Å². The van der Waals surface area contributed by atoms with E-state index in [1.165, 1.54) is 0 Å². The van der Waals surface area contributed by atoms with E-state index in [-0.39, 0.29) is 0 Å². The fourth-order valence-corrected chi connectivity index (χ4v) is 1.62. The minimum Gasteiger partial charge on any atom is -0.396 e. The molecule has 6 heteroatoms. The van der Waals surface area contributed by atoms with Gasteiger partial charge in [-0.1, -0.05) is 11.6 Å². The van der Waals surface area contributed by atoms with E-state index in [0.717, 1.165) is 19.5 Å². The summed E-state index contributed by atoms with van der Waals surface area (Å²) >= 11 is 5.79. The largest absolute Gasteiger partial charge is 0.396 e. The molecule has 0 radical (unpaired) electrons. The fraction of sp³-hybridized carbons (Fsp3) is 0.273. The summed E-state index contributed by atoms with van der Waals surface area (Å²) in [6, 6.07) is 5.32. The van der Waals surface area contributed by atoms with Crippen LogP contribution >= 0.6 is 11.6 Å². The molecule has 0 saturated carbocycles. The molecule has 5 nitrogen and oxygen atoms in total. The zero-order chi connectivity index (χ0) is 12.1. The summed E-state index contributed by atoms with van der Waals surface area (Å²) < 4.78 is 1.89. The van der Waals surface area contributed by atoms with Gasteiger partial charge in [-0.25, -0.2) is 4.98 Å². The zero-order valence-corrected chi connectivity index (χ0v) is 10.1.